The van der Waals surface area contributed by atoms with E-state index < -0.39 is 0 Å². The molecule has 1 N–H and O–H groups in total. The molecule has 0 spiro atoms. The third kappa shape index (κ3) is 3.04. The Morgan fingerprint density at radius 3 is 2.67 bits per heavy atom. The maximum atomic E-state index is 9.40. The Bertz CT molecular complexity index is 149. The number of hydrogen-bond acceptors (Lipinski definition) is 2. The van der Waals surface area contributed by atoms with Crippen LogP contribution in [0.4, 0.5) is 0 Å². The molecule has 0 aromatic rings. The zero-order valence-electron chi connectivity index (χ0n) is 7.89. The van der Waals surface area contributed by atoms with Crippen LogP contribution in [0.25, 0.3) is 0 Å². The Kier molecular flexibility index (Phi) is 3.56. The predicted molar refractivity (Wildman–Crippen MR) is 54.6 cm³/mol. The third-order valence-electron chi connectivity index (χ3n) is 2.40. The SMILES string of the molecule is CC1(C)CCN(CC(O)CBr)C1. The summed E-state index contributed by atoms with van der Waals surface area (Å²) in [7, 11) is 0. The van der Waals surface area contributed by atoms with Crippen molar-refractivity contribution in [2.24, 2.45) is 5.41 Å². The normalized spacial score (nSPS) is 26.0. The number of hydrogen-bond donors (Lipinski definition) is 1. The summed E-state index contributed by atoms with van der Waals surface area (Å²) < 4.78 is 0. The minimum Gasteiger partial charge on any atom is -0.391 e. The first kappa shape index (κ1) is 10.5. The molecule has 0 radical (unpaired) electrons. The fraction of sp³-hybridized carbons (Fsp3) is 1.00. The highest BCUT2D eigenvalue weighted by atomic mass is 79.9. The van der Waals surface area contributed by atoms with Gasteiger partial charge in [0.05, 0.1) is 6.10 Å². The fourth-order valence-electron chi connectivity index (χ4n) is 1.73. The van der Waals surface area contributed by atoms with Crippen LogP contribution < -0.4 is 0 Å². The van der Waals surface area contributed by atoms with Crippen LogP contribution in [0.1, 0.15) is 20.3 Å². The van der Waals surface area contributed by atoms with Crippen LogP contribution in [0.15, 0.2) is 0 Å². The average Bonchev–Trinajstić information content (AvgIpc) is 2.30. The topological polar surface area (TPSA) is 23.5 Å². The lowest BCUT2D eigenvalue weighted by molar-refractivity contribution is 0.139. The van der Waals surface area contributed by atoms with E-state index in [0.29, 0.717) is 10.7 Å². The van der Waals surface area contributed by atoms with Gasteiger partial charge in [-0.3, -0.25) is 0 Å². The number of rotatable bonds is 3. The van der Waals surface area contributed by atoms with E-state index in [2.05, 4.69) is 34.7 Å². The van der Waals surface area contributed by atoms with Gasteiger partial charge in [-0.05, 0) is 18.4 Å². The van der Waals surface area contributed by atoms with Gasteiger partial charge in [0.1, 0.15) is 0 Å². The van der Waals surface area contributed by atoms with Gasteiger partial charge in [-0.25, -0.2) is 0 Å². The van der Waals surface area contributed by atoms with Crippen LogP contribution in [0.2, 0.25) is 0 Å². The second-order valence-corrected chi connectivity index (χ2v) is 5.10. The highest BCUT2D eigenvalue weighted by Gasteiger charge is 2.29. The number of alkyl halides is 1. The zero-order chi connectivity index (χ0) is 9.19. The van der Waals surface area contributed by atoms with Gasteiger partial charge in [-0.15, -0.1) is 0 Å². The highest BCUT2D eigenvalue weighted by molar-refractivity contribution is 9.09. The lowest BCUT2D eigenvalue weighted by Crippen LogP contribution is -2.32. The van der Waals surface area contributed by atoms with E-state index in [0.717, 1.165) is 19.6 Å². The van der Waals surface area contributed by atoms with Crippen LogP contribution in [0.5, 0.6) is 0 Å². The molecule has 0 aromatic heterocycles. The lowest BCUT2D eigenvalue weighted by Gasteiger charge is -2.21. The molecule has 0 bridgehead atoms. The first-order valence-corrected chi connectivity index (χ1v) is 5.62. The molecule has 72 valence electrons. The number of aliphatic hydroxyl groups is 1. The molecule has 1 unspecified atom stereocenters. The quantitative estimate of drug-likeness (QED) is 0.750. The second kappa shape index (κ2) is 4.07. The van der Waals surface area contributed by atoms with Crippen molar-refractivity contribution in [3.05, 3.63) is 0 Å². The molecule has 1 aliphatic rings. The van der Waals surface area contributed by atoms with Crippen LogP contribution >= 0.6 is 15.9 Å². The summed E-state index contributed by atoms with van der Waals surface area (Å²) in [6.07, 6.45) is 1.04. The van der Waals surface area contributed by atoms with Gasteiger partial charge in [0.2, 0.25) is 0 Å². The fourth-order valence-corrected chi connectivity index (χ4v) is 1.93. The Hall–Kier alpha value is 0.400. The molecule has 2 nitrogen and oxygen atoms in total. The van der Waals surface area contributed by atoms with E-state index >= 15 is 0 Å². The van der Waals surface area contributed by atoms with E-state index in [4.69, 9.17) is 0 Å². The maximum absolute atomic E-state index is 9.40. The molecule has 0 saturated carbocycles. The second-order valence-electron chi connectivity index (χ2n) is 4.46. The molecule has 1 saturated heterocycles. The number of halogens is 1. The summed E-state index contributed by atoms with van der Waals surface area (Å²) >= 11 is 3.27. The summed E-state index contributed by atoms with van der Waals surface area (Å²) in [5.41, 5.74) is 0.450. The molecule has 1 rings (SSSR count). The Morgan fingerprint density at radius 2 is 2.25 bits per heavy atom. The summed E-state index contributed by atoms with van der Waals surface area (Å²) in [5.74, 6) is 0. The van der Waals surface area contributed by atoms with Gasteiger partial charge in [0.15, 0.2) is 0 Å². The smallest absolute Gasteiger partial charge is 0.0763 e. The van der Waals surface area contributed by atoms with Crippen LogP contribution in [0, 0.1) is 5.41 Å². The molecule has 1 atom stereocenters. The minimum atomic E-state index is -0.209. The van der Waals surface area contributed by atoms with Gasteiger partial charge in [0.25, 0.3) is 0 Å². The molecule has 3 heteroatoms. The molecular formula is C9H18BrNO. The Morgan fingerprint density at radius 1 is 1.58 bits per heavy atom. The van der Waals surface area contributed by atoms with E-state index in [9.17, 15) is 5.11 Å². The lowest BCUT2D eigenvalue weighted by atomic mass is 9.93. The van der Waals surface area contributed by atoms with Crippen LogP contribution in [0.3, 0.4) is 0 Å². The first-order valence-electron chi connectivity index (χ1n) is 4.50. The monoisotopic (exact) mass is 235 g/mol. The molecule has 1 fully saturated rings. The average molecular weight is 236 g/mol. The van der Waals surface area contributed by atoms with Crippen LogP contribution in [-0.2, 0) is 0 Å². The van der Waals surface area contributed by atoms with Crippen molar-refractivity contribution in [3.8, 4) is 0 Å². The zero-order valence-corrected chi connectivity index (χ0v) is 9.47. The molecule has 0 aromatic carbocycles. The molecular weight excluding hydrogens is 218 g/mol. The van der Waals surface area contributed by atoms with Gasteiger partial charge < -0.3 is 10.0 Å². The number of likely N-dealkylation sites (tertiary alicyclic amines) is 1. The summed E-state index contributed by atoms with van der Waals surface area (Å²) in [4.78, 5) is 2.34. The third-order valence-corrected chi connectivity index (χ3v) is 3.15. The molecule has 1 aliphatic heterocycles. The van der Waals surface area contributed by atoms with Gasteiger partial charge in [-0.1, -0.05) is 29.8 Å². The van der Waals surface area contributed by atoms with E-state index in [1.165, 1.54) is 6.42 Å². The van der Waals surface area contributed by atoms with Crippen molar-refractivity contribution in [3.63, 3.8) is 0 Å². The van der Waals surface area contributed by atoms with Crippen molar-refractivity contribution in [2.45, 2.75) is 26.4 Å². The number of aliphatic hydroxyl groups excluding tert-OH is 1. The van der Waals surface area contributed by atoms with E-state index in [1.807, 2.05) is 0 Å². The standard InChI is InChI=1S/C9H18BrNO/c1-9(2)3-4-11(7-9)6-8(12)5-10/h8,12H,3-7H2,1-2H3. The summed E-state index contributed by atoms with van der Waals surface area (Å²) in [6.45, 7) is 7.64. The first-order chi connectivity index (χ1) is 5.53. The Labute approximate surface area is 83.1 Å². The van der Waals surface area contributed by atoms with E-state index in [-0.39, 0.29) is 6.10 Å². The largest absolute Gasteiger partial charge is 0.391 e. The maximum Gasteiger partial charge on any atom is 0.0763 e. The van der Waals surface area contributed by atoms with Crippen molar-refractivity contribution in [2.75, 3.05) is 25.0 Å². The summed E-state index contributed by atoms with van der Waals surface area (Å²) in [5, 5.41) is 10.1. The van der Waals surface area contributed by atoms with Crippen molar-refractivity contribution in [1.82, 2.24) is 4.90 Å². The molecule has 1 heterocycles. The molecule has 0 aliphatic carbocycles. The number of nitrogens with zero attached hydrogens (tertiary/aromatic N) is 1. The predicted octanol–water partition coefficient (Wildman–Crippen LogP) is 1.47. The summed E-state index contributed by atoms with van der Waals surface area (Å²) in [6, 6.07) is 0. The highest BCUT2D eigenvalue weighted by Crippen LogP contribution is 2.28. The van der Waals surface area contributed by atoms with Gasteiger partial charge >= 0.3 is 0 Å². The van der Waals surface area contributed by atoms with Crippen molar-refractivity contribution < 1.29 is 5.11 Å². The van der Waals surface area contributed by atoms with E-state index in [1.54, 1.807) is 0 Å². The minimum absolute atomic E-state index is 0.209. The molecule has 12 heavy (non-hydrogen) atoms. The molecule has 0 amide bonds. The van der Waals surface area contributed by atoms with Crippen LogP contribution in [-0.4, -0.2) is 41.1 Å². The van der Waals surface area contributed by atoms with Crippen molar-refractivity contribution in [1.29, 1.82) is 0 Å². The van der Waals surface area contributed by atoms with Gasteiger partial charge in [-0.2, -0.15) is 0 Å². The van der Waals surface area contributed by atoms with Gasteiger partial charge in [0, 0.05) is 18.4 Å². The number of β-amino-alcohol motifs (C(OH)–C–C–N with tert-alkyl or cyclic N) is 1. The van der Waals surface area contributed by atoms with Crippen molar-refractivity contribution >= 4 is 15.9 Å². The Balaban J connectivity index is 2.28.